The predicted octanol–water partition coefficient (Wildman–Crippen LogP) is 1.25. The second-order valence-electron chi connectivity index (χ2n) is 3.62. The molecule has 0 aromatic heterocycles. The second-order valence-corrected chi connectivity index (χ2v) is 4.87. The van der Waals surface area contributed by atoms with Crippen molar-refractivity contribution in [1.29, 1.82) is 0 Å². The third-order valence-electron chi connectivity index (χ3n) is 2.21. The number of rotatable bonds is 5. The Bertz CT molecular complexity index is 449. The predicted molar refractivity (Wildman–Crippen MR) is 76.5 cm³/mol. The van der Waals surface area contributed by atoms with Crippen LogP contribution in [0.1, 0.15) is 23.7 Å². The standard InChI is InChI=1S/C12H15IN2O3/c1-2-14-11(17)5-6-15-12(18)9-7-8(13)3-4-10(9)16/h3-4,7,16H,2,5-6H2,1H3,(H,14,17)(H,15,18). The molecule has 0 aliphatic carbocycles. The van der Waals surface area contributed by atoms with Crippen LogP contribution >= 0.6 is 22.6 Å². The van der Waals surface area contributed by atoms with Gasteiger partial charge in [0, 0.05) is 23.1 Å². The molecule has 1 rings (SSSR count). The van der Waals surface area contributed by atoms with Gasteiger partial charge in [0.05, 0.1) is 5.56 Å². The Hall–Kier alpha value is -1.31. The lowest BCUT2D eigenvalue weighted by Gasteiger charge is -2.07. The maximum atomic E-state index is 11.8. The van der Waals surface area contributed by atoms with Gasteiger partial charge in [-0.25, -0.2) is 0 Å². The summed E-state index contributed by atoms with van der Waals surface area (Å²) < 4.78 is 0.860. The van der Waals surface area contributed by atoms with Crippen molar-refractivity contribution < 1.29 is 14.7 Å². The Balaban J connectivity index is 2.50. The molecule has 3 N–H and O–H groups in total. The van der Waals surface area contributed by atoms with E-state index in [2.05, 4.69) is 33.2 Å². The van der Waals surface area contributed by atoms with Crippen molar-refractivity contribution in [3.63, 3.8) is 0 Å². The molecule has 5 nitrogen and oxygen atoms in total. The number of hydrogen-bond acceptors (Lipinski definition) is 3. The van der Waals surface area contributed by atoms with Gasteiger partial charge in [0.25, 0.3) is 5.91 Å². The van der Waals surface area contributed by atoms with Crippen molar-refractivity contribution in [3.8, 4) is 5.75 Å². The topological polar surface area (TPSA) is 78.4 Å². The highest BCUT2D eigenvalue weighted by Crippen LogP contribution is 2.19. The molecule has 98 valence electrons. The average Bonchev–Trinajstić information content (AvgIpc) is 2.32. The Morgan fingerprint density at radius 3 is 2.72 bits per heavy atom. The summed E-state index contributed by atoms with van der Waals surface area (Å²) in [6.07, 6.45) is 0.226. The minimum atomic E-state index is -0.379. The summed E-state index contributed by atoms with van der Waals surface area (Å²) in [6, 6.07) is 4.78. The van der Waals surface area contributed by atoms with Crippen LogP contribution in [0.4, 0.5) is 0 Å². The molecular weight excluding hydrogens is 347 g/mol. The van der Waals surface area contributed by atoms with Crippen molar-refractivity contribution in [2.75, 3.05) is 13.1 Å². The lowest BCUT2D eigenvalue weighted by molar-refractivity contribution is -0.120. The zero-order valence-electron chi connectivity index (χ0n) is 10.00. The van der Waals surface area contributed by atoms with Crippen molar-refractivity contribution >= 4 is 34.4 Å². The largest absolute Gasteiger partial charge is 0.507 e. The normalized spacial score (nSPS) is 9.89. The van der Waals surface area contributed by atoms with Gasteiger partial charge in [0.15, 0.2) is 0 Å². The molecule has 0 aliphatic rings. The third kappa shape index (κ3) is 4.52. The maximum Gasteiger partial charge on any atom is 0.255 e. The zero-order chi connectivity index (χ0) is 13.5. The lowest BCUT2D eigenvalue weighted by atomic mass is 10.2. The number of phenols is 1. The van der Waals surface area contributed by atoms with Gasteiger partial charge in [-0.3, -0.25) is 9.59 Å². The van der Waals surface area contributed by atoms with Gasteiger partial charge in [0.2, 0.25) is 5.91 Å². The molecule has 0 heterocycles. The van der Waals surface area contributed by atoms with Gasteiger partial charge in [-0.2, -0.15) is 0 Å². The van der Waals surface area contributed by atoms with Crippen LogP contribution in [0.15, 0.2) is 18.2 Å². The van der Waals surface area contributed by atoms with Crippen molar-refractivity contribution in [2.45, 2.75) is 13.3 Å². The number of aromatic hydroxyl groups is 1. The van der Waals surface area contributed by atoms with E-state index < -0.39 is 0 Å². The second kappa shape index (κ2) is 7.20. The van der Waals surface area contributed by atoms with Crippen LogP contribution in [0.25, 0.3) is 0 Å². The summed E-state index contributed by atoms with van der Waals surface area (Å²) in [4.78, 5) is 22.9. The summed E-state index contributed by atoms with van der Waals surface area (Å²) in [5.41, 5.74) is 0.220. The number of benzene rings is 1. The summed E-state index contributed by atoms with van der Waals surface area (Å²) in [5, 5.41) is 14.8. The summed E-state index contributed by atoms with van der Waals surface area (Å²) in [5.74, 6) is -0.550. The molecule has 0 atom stereocenters. The quantitative estimate of drug-likeness (QED) is 0.690. The Morgan fingerprint density at radius 1 is 1.33 bits per heavy atom. The fourth-order valence-corrected chi connectivity index (χ4v) is 1.85. The molecule has 0 saturated carbocycles. The fourth-order valence-electron chi connectivity index (χ4n) is 1.36. The summed E-state index contributed by atoms with van der Waals surface area (Å²) in [6.45, 7) is 2.65. The Labute approximate surface area is 119 Å². The van der Waals surface area contributed by atoms with Crippen LogP contribution in [-0.2, 0) is 4.79 Å². The number of halogens is 1. The molecule has 0 saturated heterocycles. The van der Waals surface area contributed by atoms with Gasteiger partial charge >= 0.3 is 0 Å². The minimum absolute atomic E-state index is 0.0640. The molecule has 6 heteroatoms. The van der Waals surface area contributed by atoms with Gasteiger partial charge in [0.1, 0.15) is 5.75 Å². The number of amides is 2. The first-order valence-corrected chi connectivity index (χ1v) is 6.66. The zero-order valence-corrected chi connectivity index (χ0v) is 12.2. The van der Waals surface area contributed by atoms with Gasteiger partial charge in [-0.15, -0.1) is 0 Å². The number of nitrogens with one attached hydrogen (secondary N) is 2. The number of hydrogen-bond donors (Lipinski definition) is 3. The Kier molecular flexibility index (Phi) is 5.90. The minimum Gasteiger partial charge on any atom is -0.507 e. The van der Waals surface area contributed by atoms with Gasteiger partial charge in [-0.1, -0.05) is 0 Å². The van der Waals surface area contributed by atoms with Crippen LogP contribution in [-0.4, -0.2) is 30.0 Å². The van der Waals surface area contributed by atoms with Crippen LogP contribution < -0.4 is 10.6 Å². The molecule has 18 heavy (non-hydrogen) atoms. The molecule has 1 aromatic rings. The molecular formula is C12H15IN2O3. The van der Waals surface area contributed by atoms with Gasteiger partial charge in [-0.05, 0) is 47.7 Å². The highest BCUT2D eigenvalue weighted by molar-refractivity contribution is 14.1. The summed E-state index contributed by atoms with van der Waals surface area (Å²) in [7, 11) is 0. The molecule has 0 aliphatic heterocycles. The molecule has 0 unspecified atom stereocenters. The van der Waals surface area contributed by atoms with Gasteiger partial charge < -0.3 is 15.7 Å². The van der Waals surface area contributed by atoms with Crippen LogP contribution in [0.3, 0.4) is 0 Å². The third-order valence-corrected chi connectivity index (χ3v) is 2.89. The van der Waals surface area contributed by atoms with E-state index in [1.54, 1.807) is 12.1 Å². The monoisotopic (exact) mass is 362 g/mol. The lowest BCUT2D eigenvalue weighted by Crippen LogP contribution is -2.30. The molecule has 0 spiro atoms. The summed E-state index contributed by atoms with van der Waals surface area (Å²) >= 11 is 2.06. The van der Waals surface area contributed by atoms with E-state index in [-0.39, 0.29) is 36.1 Å². The van der Waals surface area contributed by atoms with Crippen LogP contribution in [0.5, 0.6) is 5.75 Å². The smallest absolute Gasteiger partial charge is 0.255 e. The van der Waals surface area contributed by atoms with E-state index >= 15 is 0 Å². The van der Waals surface area contributed by atoms with E-state index in [4.69, 9.17) is 0 Å². The highest BCUT2D eigenvalue weighted by atomic mass is 127. The van der Waals surface area contributed by atoms with E-state index in [0.29, 0.717) is 6.54 Å². The molecule has 0 fully saturated rings. The molecule has 0 bridgehead atoms. The molecule has 2 amide bonds. The van der Waals surface area contributed by atoms with E-state index in [1.807, 2.05) is 6.92 Å². The Morgan fingerprint density at radius 2 is 2.06 bits per heavy atom. The number of carbonyl (C=O) groups excluding carboxylic acids is 2. The first-order valence-electron chi connectivity index (χ1n) is 5.58. The molecule has 0 radical (unpaired) electrons. The van der Waals surface area contributed by atoms with Crippen LogP contribution in [0.2, 0.25) is 0 Å². The van der Waals surface area contributed by atoms with Crippen molar-refractivity contribution in [2.24, 2.45) is 0 Å². The highest BCUT2D eigenvalue weighted by Gasteiger charge is 2.11. The van der Waals surface area contributed by atoms with E-state index in [9.17, 15) is 14.7 Å². The SMILES string of the molecule is CCNC(=O)CCNC(=O)c1cc(I)ccc1O. The van der Waals surface area contributed by atoms with Crippen LogP contribution in [0, 0.1) is 3.57 Å². The fraction of sp³-hybridized carbons (Fsp3) is 0.333. The number of phenolic OH excluding ortho intramolecular Hbond substituents is 1. The first kappa shape index (κ1) is 14.7. The van der Waals surface area contributed by atoms with E-state index in [0.717, 1.165) is 3.57 Å². The maximum absolute atomic E-state index is 11.8. The molecule has 1 aromatic carbocycles. The van der Waals surface area contributed by atoms with E-state index in [1.165, 1.54) is 6.07 Å². The van der Waals surface area contributed by atoms with Crippen molar-refractivity contribution in [1.82, 2.24) is 10.6 Å². The van der Waals surface area contributed by atoms with Crippen molar-refractivity contribution in [3.05, 3.63) is 27.3 Å². The first-order chi connectivity index (χ1) is 8.54. The average molecular weight is 362 g/mol. The number of carbonyl (C=O) groups is 2.